The van der Waals surface area contributed by atoms with E-state index in [2.05, 4.69) is 26.0 Å². The maximum Gasteiger partial charge on any atom is 0.336 e. The van der Waals surface area contributed by atoms with Gasteiger partial charge in [-0.15, -0.1) is 0 Å². The van der Waals surface area contributed by atoms with Crippen molar-refractivity contribution in [1.82, 2.24) is 14.8 Å². The molecular weight excluding hydrogens is 382 g/mol. The van der Waals surface area contributed by atoms with Crippen molar-refractivity contribution in [1.29, 1.82) is 0 Å². The highest BCUT2D eigenvalue weighted by molar-refractivity contribution is 9.10. The van der Waals surface area contributed by atoms with Gasteiger partial charge in [-0.05, 0) is 60.1 Å². The number of hydrogen-bond donors (Lipinski definition) is 0. The monoisotopic (exact) mass is 397 g/mol. The molecule has 0 unspecified atom stereocenters. The molecule has 6 heteroatoms. The SMILES string of the molecule is Cc1nn(-c2ccccc2)c(C)c1/C=C/C(=O)Oc1cccnc1Br. The second-order valence-electron chi connectivity index (χ2n) is 5.38. The zero-order chi connectivity index (χ0) is 17.8. The van der Waals surface area contributed by atoms with E-state index in [-0.39, 0.29) is 0 Å². The molecule has 1 aromatic carbocycles. The summed E-state index contributed by atoms with van der Waals surface area (Å²) < 4.78 is 7.62. The second kappa shape index (κ2) is 7.44. The average molecular weight is 398 g/mol. The number of esters is 1. The van der Waals surface area contributed by atoms with Crippen molar-refractivity contribution < 1.29 is 9.53 Å². The molecule has 0 amide bonds. The highest BCUT2D eigenvalue weighted by Crippen LogP contribution is 2.22. The van der Waals surface area contributed by atoms with Gasteiger partial charge in [-0.3, -0.25) is 0 Å². The van der Waals surface area contributed by atoms with Gasteiger partial charge in [0.15, 0.2) is 5.75 Å². The van der Waals surface area contributed by atoms with Crippen LogP contribution in [0.3, 0.4) is 0 Å². The summed E-state index contributed by atoms with van der Waals surface area (Å²) in [4.78, 5) is 16.1. The molecular formula is C19H16BrN3O2. The molecule has 126 valence electrons. The Balaban J connectivity index is 1.81. The smallest absolute Gasteiger partial charge is 0.336 e. The molecule has 0 aliphatic heterocycles. The Morgan fingerprint density at radius 3 is 2.64 bits per heavy atom. The topological polar surface area (TPSA) is 57.0 Å². The van der Waals surface area contributed by atoms with Gasteiger partial charge in [0.05, 0.1) is 11.4 Å². The van der Waals surface area contributed by atoms with E-state index in [0.717, 1.165) is 22.6 Å². The molecule has 0 aliphatic rings. The standard InChI is InChI=1S/C19H16BrN3O2/c1-13-16(14(2)23(22-13)15-7-4-3-5-8-15)10-11-18(24)25-17-9-6-12-21-19(17)20/h3-12H,1-2H3/b11-10+. The number of rotatable bonds is 4. The Labute approximate surface area is 154 Å². The Bertz CT molecular complexity index is 933. The van der Waals surface area contributed by atoms with E-state index in [9.17, 15) is 4.79 Å². The lowest BCUT2D eigenvalue weighted by molar-refractivity contribution is -0.128. The third-order valence-electron chi connectivity index (χ3n) is 3.67. The van der Waals surface area contributed by atoms with Crippen LogP contribution >= 0.6 is 15.9 Å². The maximum atomic E-state index is 12.1. The summed E-state index contributed by atoms with van der Waals surface area (Å²) in [5.41, 5.74) is 3.67. The molecule has 2 heterocycles. The molecule has 3 aromatic rings. The first-order chi connectivity index (χ1) is 12.1. The van der Waals surface area contributed by atoms with E-state index in [4.69, 9.17) is 4.74 Å². The number of ether oxygens (including phenoxy) is 1. The highest BCUT2D eigenvalue weighted by atomic mass is 79.9. The van der Waals surface area contributed by atoms with Gasteiger partial charge in [0.1, 0.15) is 4.60 Å². The largest absolute Gasteiger partial charge is 0.420 e. The Morgan fingerprint density at radius 1 is 1.16 bits per heavy atom. The predicted molar refractivity (Wildman–Crippen MR) is 99.6 cm³/mol. The van der Waals surface area contributed by atoms with Gasteiger partial charge in [-0.2, -0.15) is 5.10 Å². The number of hydrogen-bond acceptors (Lipinski definition) is 4. The van der Waals surface area contributed by atoms with Crippen molar-refractivity contribution in [2.24, 2.45) is 0 Å². The zero-order valence-corrected chi connectivity index (χ0v) is 15.4. The average Bonchev–Trinajstić information content (AvgIpc) is 2.90. The lowest BCUT2D eigenvalue weighted by atomic mass is 10.2. The van der Waals surface area contributed by atoms with E-state index in [1.807, 2.05) is 48.9 Å². The summed E-state index contributed by atoms with van der Waals surface area (Å²) in [5, 5.41) is 4.55. The Hall–Kier alpha value is -2.73. The highest BCUT2D eigenvalue weighted by Gasteiger charge is 2.11. The van der Waals surface area contributed by atoms with Crippen LogP contribution in [0.15, 0.2) is 59.3 Å². The second-order valence-corrected chi connectivity index (χ2v) is 6.13. The van der Waals surface area contributed by atoms with Crippen LogP contribution in [-0.4, -0.2) is 20.7 Å². The van der Waals surface area contributed by atoms with Crippen LogP contribution in [0.5, 0.6) is 5.75 Å². The normalized spacial score (nSPS) is 11.0. The van der Waals surface area contributed by atoms with E-state index in [0.29, 0.717) is 10.4 Å². The molecule has 0 aliphatic carbocycles. The van der Waals surface area contributed by atoms with Crippen molar-refractivity contribution in [3.8, 4) is 11.4 Å². The minimum absolute atomic E-state index is 0.380. The number of para-hydroxylation sites is 1. The summed E-state index contributed by atoms with van der Waals surface area (Å²) in [6.07, 6.45) is 4.73. The summed E-state index contributed by atoms with van der Waals surface area (Å²) in [6, 6.07) is 13.2. The molecule has 0 bridgehead atoms. The van der Waals surface area contributed by atoms with Gasteiger partial charge in [0.2, 0.25) is 0 Å². The zero-order valence-electron chi connectivity index (χ0n) is 13.8. The number of aromatic nitrogens is 3. The molecule has 25 heavy (non-hydrogen) atoms. The van der Waals surface area contributed by atoms with Crippen molar-refractivity contribution in [2.45, 2.75) is 13.8 Å². The number of pyridine rings is 1. The van der Waals surface area contributed by atoms with Crippen LogP contribution in [0.25, 0.3) is 11.8 Å². The van der Waals surface area contributed by atoms with Crippen LogP contribution in [0.4, 0.5) is 0 Å². The number of nitrogens with zero attached hydrogens (tertiary/aromatic N) is 3. The predicted octanol–water partition coefficient (Wildman–Crippen LogP) is 4.27. The molecule has 0 radical (unpaired) electrons. The maximum absolute atomic E-state index is 12.1. The first-order valence-corrected chi connectivity index (χ1v) is 8.47. The summed E-state index contributed by atoms with van der Waals surface area (Å²) in [6.45, 7) is 3.88. The number of carbonyl (C=O) groups excluding carboxylic acids is 1. The van der Waals surface area contributed by atoms with Gasteiger partial charge in [-0.1, -0.05) is 18.2 Å². The lowest BCUT2D eigenvalue weighted by Crippen LogP contribution is -2.04. The molecule has 0 fully saturated rings. The fraction of sp³-hybridized carbons (Fsp3) is 0.105. The van der Waals surface area contributed by atoms with Gasteiger partial charge < -0.3 is 4.74 Å². The first-order valence-electron chi connectivity index (χ1n) is 7.68. The third kappa shape index (κ3) is 3.85. The fourth-order valence-corrected chi connectivity index (χ4v) is 2.79. The van der Waals surface area contributed by atoms with Gasteiger partial charge >= 0.3 is 5.97 Å². The van der Waals surface area contributed by atoms with Crippen molar-refractivity contribution in [3.05, 3.63) is 76.3 Å². The Morgan fingerprint density at radius 2 is 1.92 bits per heavy atom. The number of carbonyl (C=O) groups is 1. The van der Waals surface area contributed by atoms with E-state index in [1.165, 1.54) is 6.08 Å². The van der Waals surface area contributed by atoms with Gasteiger partial charge in [0, 0.05) is 23.5 Å². The molecule has 0 atom stereocenters. The van der Waals surface area contributed by atoms with E-state index >= 15 is 0 Å². The van der Waals surface area contributed by atoms with Crippen LogP contribution in [-0.2, 0) is 4.79 Å². The molecule has 2 aromatic heterocycles. The fourth-order valence-electron chi connectivity index (χ4n) is 2.46. The first kappa shape index (κ1) is 17.1. The molecule has 0 saturated heterocycles. The van der Waals surface area contributed by atoms with Crippen LogP contribution in [0, 0.1) is 13.8 Å². The lowest BCUT2D eigenvalue weighted by Gasteiger charge is -2.04. The molecule has 0 spiro atoms. The van der Waals surface area contributed by atoms with Crippen molar-refractivity contribution in [3.63, 3.8) is 0 Å². The Kier molecular flexibility index (Phi) is 5.09. The minimum Gasteiger partial charge on any atom is -0.420 e. The van der Waals surface area contributed by atoms with Crippen LogP contribution in [0.2, 0.25) is 0 Å². The van der Waals surface area contributed by atoms with Crippen molar-refractivity contribution >= 4 is 28.0 Å². The summed E-state index contributed by atoms with van der Waals surface area (Å²) in [7, 11) is 0. The molecule has 0 N–H and O–H groups in total. The van der Waals surface area contributed by atoms with E-state index in [1.54, 1.807) is 24.4 Å². The molecule has 5 nitrogen and oxygen atoms in total. The number of benzene rings is 1. The van der Waals surface area contributed by atoms with Gasteiger partial charge in [-0.25, -0.2) is 14.5 Å². The van der Waals surface area contributed by atoms with E-state index < -0.39 is 5.97 Å². The van der Waals surface area contributed by atoms with Crippen LogP contribution < -0.4 is 4.74 Å². The van der Waals surface area contributed by atoms with Crippen LogP contribution in [0.1, 0.15) is 17.0 Å². The summed E-state index contributed by atoms with van der Waals surface area (Å²) in [5.74, 6) is -0.0921. The quantitative estimate of drug-likeness (QED) is 0.374. The minimum atomic E-state index is -0.472. The number of halogens is 1. The molecule has 3 rings (SSSR count). The van der Waals surface area contributed by atoms with Gasteiger partial charge in [0.25, 0.3) is 0 Å². The third-order valence-corrected chi connectivity index (χ3v) is 4.27. The number of aryl methyl sites for hydroxylation is 1. The van der Waals surface area contributed by atoms with Crippen molar-refractivity contribution in [2.75, 3.05) is 0 Å². The summed E-state index contributed by atoms with van der Waals surface area (Å²) >= 11 is 3.25. The molecule has 0 saturated carbocycles.